The second-order valence-corrected chi connectivity index (χ2v) is 5.82. The van der Waals surface area contributed by atoms with Crippen molar-refractivity contribution in [3.05, 3.63) is 65.7 Å². The van der Waals surface area contributed by atoms with Crippen molar-refractivity contribution in [2.45, 2.75) is 13.2 Å². The summed E-state index contributed by atoms with van der Waals surface area (Å²) in [6.45, 7) is 1.24. The molecule has 2 aromatic rings. The number of guanidine groups is 1. The van der Waals surface area contributed by atoms with Gasteiger partial charge in [-0.3, -0.25) is 0 Å². The summed E-state index contributed by atoms with van der Waals surface area (Å²) in [6.07, 6.45) is 0. The van der Waals surface area contributed by atoms with Crippen molar-refractivity contribution in [3.63, 3.8) is 0 Å². The maximum Gasteiger partial charge on any atom is 0.195 e. The number of ether oxygens (including phenoxy) is 1. The van der Waals surface area contributed by atoms with E-state index in [2.05, 4.69) is 29.3 Å². The Morgan fingerprint density at radius 2 is 1.42 bits per heavy atom. The van der Waals surface area contributed by atoms with Crippen molar-refractivity contribution >= 4 is 29.9 Å². The summed E-state index contributed by atoms with van der Waals surface area (Å²) < 4.78 is 5.80. The van der Waals surface area contributed by atoms with E-state index in [1.54, 1.807) is 0 Å². The minimum absolute atomic E-state index is 0. The van der Waals surface area contributed by atoms with Crippen LogP contribution in [0.3, 0.4) is 0 Å². The first-order valence-electron chi connectivity index (χ1n) is 7.71. The Morgan fingerprint density at radius 1 is 0.833 bits per heavy atom. The quantitative estimate of drug-likeness (QED) is 0.403. The second-order valence-electron chi connectivity index (χ2n) is 5.82. The Hall–Kier alpha value is -1.76. The fourth-order valence-corrected chi connectivity index (χ4v) is 2.28. The van der Waals surface area contributed by atoms with Crippen LogP contribution in [0.15, 0.2) is 59.6 Å². The minimum Gasteiger partial charge on any atom is -0.489 e. The van der Waals surface area contributed by atoms with Gasteiger partial charge in [0, 0.05) is 28.2 Å². The van der Waals surface area contributed by atoms with Crippen LogP contribution in [0.25, 0.3) is 0 Å². The molecule has 0 aliphatic rings. The van der Waals surface area contributed by atoms with Crippen LogP contribution in [0.1, 0.15) is 11.1 Å². The summed E-state index contributed by atoms with van der Waals surface area (Å²) in [4.78, 5) is 8.67. The lowest BCUT2D eigenvalue weighted by Gasteiger charge is -2.22. The minimum atomic E-state index is 0. The molecule has 24 heavy (non-hydrogen) atoms. The molecule has 0 saturated carbocycles. The van der Waals surface area contributed by atoms with Gasteiger partial charge in [0.1, 0.15) is 12.4 Å². The lowest BCUT2D eigenvalue weighted by atomic mass is 10.2. The Bertz CT molecular complexity index is 615. The molecule has 130 valence electrons. The standard InChI is InChI=1S/C19H25N3O.HI/c1-21(2)19(22(3)4)20-14-16-10-12-18(13-11-16)23-15-17-8-6-5-7-9-17;/h5-13H,14-15H2,1-4H3;1H. The average molecular weight is 439 g/mol. The SMILES string of the molecule is CN(C)C(=NCc1ccc(OCc2ccccc2)cc1)N(C)C.I. The zero-order valence-electron chi connectivity index (χ0n) is 14.8. The highest BCUT2D eigenvalue weighted by atomic mass is 127. The molecule has 2 rings (SSSR count). The molecule has 0 unspecified atom stereocenters. The van der Waals surface area contributed by atoms with E-state index in [4.69, 9.17) is 4.74 Å². The number of aliphatic imine (C=N–C) groups is 1. The molecule has 0 aromatic heterocycles. The van der Waals surface area contributed by atoms with E-state index in [1.807, 2.05) is 68.3 Å². The first-order chi connectivity index (χ1) is 11.1. The Morgan fingerprint density at radius 3 is 1.96 bits per heavy atom. The van der Waals surface area contributed by atoms with Crippen molar-refractivity contribution < 1.29 is 4.74 Å². The molecule has 0 radical (unpaired) electrons. The molecule has 0 spiro atoms. The molecule has 0 fully saturated rings. The van der Waals surface area contributed by atoms with Gasteiger partial charge in [-0.05, 0) is 23.3 Å². The molecule has 2 aromatic carbocycles. The van der Waals surface area contributed by atoms with E-state index in [-0.39, 0.29) is 24.0 Å². The smallest absolute Gasteiger partial charge is 0.195 e. The van der Waals surface area contributed by atoms with Crippen LogP contribution in [-0.2, 0) is 13.2 Å². The second kappa shape index (κ2) is 10.2. The monoisotopic (exact) mass is 439 g/mol. The molecule has 0 amide bonds. The number of halogens is 1. The van der Waals surface area contributed by atoms with Crippen molar-refractivity contribution in [3.8, 4) is 5.75 Å². The number of nitrogens with zero attached hydrogens (tertiary/aromatic N) is 3. The fraction of sp³-hybridized carbons (Fsp3) is 0.316. The predicted octanol–water partition coefficient (Wildman–Crippen LogP) is 3.86. The van der Waals surface area contributed by atoms with Crippen LogP contribution < -0.4 is 4.74 Å². The van der Waals surface area contributed by atoms with E-state index in [9.17, 15) is 0 Å². The third kappa shape index (κ3) is 6.39. The lowest BCUT2D eigenvalue weighted by molar-refractivity contribution is 0.306. The van der Waals surface area contributed by atoms with Crippen LogP contribution in [0.4, 0.5) is 0 Å². The van der Waals surface area contributed by atoms with Gasteiger partial charge < -0.3 is 14.5 Å². The van der Waals surface area contributed by atoms with E-state index >= 15 is 0 Å². The Kier molecular flexibility index (Phi) is 8.60. The molecule has 0 saturated heterocycles. The maximum absolute atomic E-state index is 5.80. The maximum atomic E-state index is 5.80. The molecule has 0 heterocycles. The number of rotatable bonds is 5. The largest absolute Gasteiger partial charge is 0.489 e. The van der Waals surface area contributed by atoms with Crippen LogP contribution in [0.5, 0.6) is 5.75 Å². The van der Waals surface area contributed by atoms with Gasteiger partial charge in [-0.15, -0.1) is 24.0 Å². The molecule has 0 bridgehead atoms. The summed E-state index contributed by atoms with van der Waals surface area (Å²) in [5.41, 5.74) is 2.33. The lowest BCUT2D eigenvalue weighted by Crippen LogP contribution is -2.35. The Labute approximate surface area is 162 Å². The first kappa shape index (κ1) is 20.3. The van der Waals surface area contributed by atoms with E-state index in [0.717, 1.165) is 11.7 Å². The molecular formula is C19H26IN3O. The van der Waals surface area contributed by atoms with Gasteiger partial charge >= 0.3 is 0 Å². The molecule has 4 nitrogen and oxygen atoms in total. The van der Waals surface area contributed by atoms with Gasteiger partial charge in [-0.25, -0.2) is 4.99 Å². The number of hydrogen-bond acceptors (Lipinski definition) is 2. The number of hydrogen-bond donors (Lipinski definition) is 0. The number of benzene rings is 2. The predicted molar refractivity (Wildman–Crippen MR) is 111 cm³/mol. The van der Waals surface area contributed by atoms with E-state index in [0.29, 0.717) is 13.2 Å². The van der Waals surface area contributed by atoms with Crippen LogP contribution >= 0.6 is 24.0 Å². The van der Waals surface area contributed by atoms with E-state index < -0.39 is 0 Å². The average Bonchev–Trinajstić information content (AvgIpc) is 2.54. The zero-order valence-corrected chi connectivity index (χ0v) is 17.1. The van der Waals surface area contributed by atoms with Gasteiger partial charge in [0.2, 0.25) is 0 Å². The van der Waals surface area contributed by atoms with Crippen molar-refractivity contribution in [1.82, 2.24) is 9.80 Å². The van der Waals surface area contributed by atoms with Crippen molar-refractivity contribution in [1.29, 1.82) is 0 Å². The summed E-state index contributed by atoms with van der Waals surface area (Å²) in [5, 5.41) is 0. The van der Waals surface area contributed by atoms with Gasteiger partial charge in [-0.2, -0.15) is 0 Å². The van der Waals surface area contributed by atoms with Crippen LogP contribution in [-0.4, -0.2) is 44.0 Å². The van der Waals surface area contributed by atoms with Gasteiger partial charge in [0.25, 0.3) is 0 Å². The first-order valence-corrected chi connectivity index (χ1v) is 7.71. The highest BCUT2D eigenvalue weighted by Crippen LogP contribution is 2.15. The zero-order chi connectivity index (χ0) is 16.7. The third-order valence-electron chi connectivity index (χ3n) is 3.37. The van der Waals surface area contributed by atoms with Crippen LogP contribution in [0.2, 0.25) is 0 Å². The molecule has 0 N–H and O–H groups in total. The molecule has 0 aliphatic carbocycles. The Balaban J connectivity index is 0.00000288. The summed E-state index contributed by atoms with van der Waals surface area (Å²) in [5.74, 6) is 1.83. The summed E-state index contributed by atoms with van der Waals surface area (Å²) in [6, 6.07) is 18.3. The topological polar surface area (TPSA) is 28.1 Å². The molecule has 0 atom stereocenters. The highest BCUT2D eigenvalue weighted by molar-refractivity contribution is 14.0. The van der Waals surface area contributed by atoms with Crippen molar-refractivity contribution in [2.24, 2.45) is 4.99 Å². The summed E-state index contributed by atoms with van der Waals surface area (Å²) >= 11 is 0. The normalized spacial score (nSPS) is 9.67. The van der Waals surface area contributed by atoms with Crippen LogP contribution in [0, 0.1) is 0 Å². The molecular weight excluding hydrogens is 413 g/mol. The van der Waals surface area contributed by atoms with Gasteiger partial charge in [-0.1, -0.05) is 42.5 Å². The highest BCUT2D eigenvalue weighted by Gasteiger charge is 2.04. The van der Waals surface area contributed by atoms with Gasteiger partial charge in [0.05, 0.1) is 6.54 Å². The van der Waals surface area contributed by atoms with Gasteiger partial charge in [0.15, 0.2) is 5.96 Å². The third-order valence-corrected chi connectivity index (χ3v) is 3.37. The molecule has 5 heteroatoms. The fourth-order valence-electron chi connectivity index (χ4n) is 2.28. The van der Waals surface area contributed by atoms with Crippen molar-refractivity contribution in [2.75, 3.05) is 28.2 Å². The van der Waals surface area contributed by atoms with E-state index in [1.165, 1.54) is 11.1 Å². The summed E-state index contributed by atoms with van der Waals surface area (Å²) in [7, 11) is 8.00. The molecule has 0 aliphatic heterocycles.